The molecule has 0 fully saturated rings. The predicted octanol–water partition coefficient (Wildman–Crippen LogP) is 7.61. The van der Waals surface area contributed by atoms with E-state index in [2.05, 4.69) is 54.8 Å². The van der Waals surface area contributed by atoms with Gasteiger partial charge in [-0.1, -0.05) is 93.2 Å². The number of hydrogen-bond acceptors (Lipinski definition) is 6. The van der Waals surface area contributed by atoms with Gasteiger partial charge in [-0.05, 0) is 57.8 Å². The number of carbonyl (C=O) groups excluding carboxylic acids is 2. The Kier molecular flexibility index (Phi) is 25.0. The molecule has 2 N–H and O–H groups in total. The summed E-state index contributed by atoms with van der Waals surface area (Å²) in [5.41, 5.74) is 0. The third kappa shape index (κ3) is 28.5. The molecule has 0 aromatic heterocycles. The molecule has 0 amide bonds. The molecular weight excluding hydrogens is 531 g/mol. The second kappa shape index (κ2) is 26.7. The van der Waals surface area contributed by atoms with Crippen LogP contribution in [-0.4, -0.2) is 41.0 Å². The molecule has 0 aliphatic carbocycles. The number of allylic oxidation sites excluding steroid dienone is 12. The Bertz CT molecular complexity index is 880. The van der Waals surface area contributed by atoms with E-state index in [1.807, 2.05) is 36.5 Å². The van der Waals surface area contributed by atoms with Crippen LogP contribution < -0.4 is 0 Å². The molecule has 0 radical (unpaired) electrons. The largest absolute Gasteiger partial charge is 0.469 e. The van der Waals surface area contributed by atoms with Gasteiger partial charge in [0.1, 0.15) is 6.61 Å². The Morgan fingerprint density at radius 3 is 1.95 bits per heavy atom. The van der Waals surface area contributed by atoms with Gasteiger partial charge in [-0.2, -0.15) is 0 Å². The normalized spacial score (nSPS) is 13.6. The van der Waals surface area contributed by atoms with Gasteiger partial charge in [-0.15, -0.1) is 0 Å². The molecule has 0 rings (SSSR count). The van der Waals surface area contributed by atoms with Gasteiger partial charge >= 0.3 is 19.8 Å². The van der Waals surface area contributed by atoms with Crippen LogP contribution in [0.4, 0.5) is 0 Å². The first-order valence-corrected chi connectivity index (χ1v) is 15.8. The van der Waals surface area contributed by atoms with Crippen LogP contribution in [0, 0.1) is 0 Å². The minimum atomic E-state index is -4.76. The first-order chi connectivity index (χ1) is 19.3. The predicted molar refractivity (Wildman–Crippen MR) is 160 cm³/mol. The van der Waals surface area contributed by atoms with Crippen molar-refractivity contribution in [3.63, 3.8) is 0 Å². The highest BCUT2D eigenvalue weighted by Crippen LogP contribution is 2.35. The second-order valence-electron chi connectivity index (χ2n) is 9.05. The van der Waals surface area contributed by atoms with Crippen molar-refractivity contribution < 1.29 is 37.9 Å². The lowest BCUT2D eigenvalue weighted by Crippen LogP contribution is -2.29. The van der Waals surface area contributed by atoms with Crippen LogP contribution in [0.25, 0.3) is 0 Å². The Morgan fingerprint density at radius 2 is 1.25 bits per heavy atom. The minimum Gasteiger partial charge on any atom is -0.462 e. The average Bonchev–Trinajstić information content (AvgIpc) is 2.91. The maximum atomic E-state index is 12.2. The van der Waals surface area contributed by atoms with E-state index in [0.29, 0.717) is 12.8 Å². The lowest BCUT2D eigenvalue weighted by Gasteiger charge is -2.18. The van der Waals surface area contributed by atoms with Gasteiger partial charge in [0.05, 0.1) is 6.61 Å². The molecule has 226 valence electrons. The van der Waals surface area contributed by atoms with E-state index in [1.54, 1.807) is 0 Å². The van der Waals surface area contributed by atoms with E-state index in [1.165, 1.54) is 0 Å². The number of rotatable bonds is 24. The van der Waals surface area contributed by atoms with E-state index < -0.39 is 32.5 Å². The van der Waals surface area contributed by atoms with Crippen LogP contribution in [0.3, 0.4) is 0 Å². The standard InChI is InChI=1S/C31H49O8P/c1-3-5-7-9-11-13-14-15-16-18-20-22-24-26-31(33)39-29(28-38-40(34,35)36)27-37-30(32)25-23-21-19-17-12-10-8-6-4-2/h5-9,11-17,29H,3-4,10,18-28H2,1-2H3,(H2,34,35,36)/b7-5+,8-6+,11-9+,14-13+,16-15+,17-12+. The number of phosphoric ester groups is 1. The minimum absolute atomic E-state index is 0.155. The molecule has 1 atom stereocenters. The van der Waals surface area contributed by atoms with Gasteiger partial charge in [0.25, 0.3) is 0 Å². The molecule has 8 nitrogen and oxygen atoms in total. The smallest absolute Gasteiger partial charge is 0.462 e. The molecule has 0 aliphatic rings. The molecule has 0 aromatic rings. The van der Waals surface area contributed by atoms with Crippen molar-refractivity contribution in [2.75, 3.05) is 13.2 Å². The van der Waals surface area contributed by atoms with Crippen LogP contribution in [0.15, 0.2) is 72.9 Å². The molecule has 40 heavy (non-hydrogen) atoms. The Labute approximate surface area is 240 Å². The van der Waals surface area contributed by atoms with E-state index in [4.69, 9.17) is 19.3 Å². The van der Waals surface area contributed by atoms with Gasteiger partial charge in [0, 0.05) is 12.8 Å². The third-order valence-electron chi connectivity index (χ3n) is 5.31. The van der Waals surface area contributed by atoms with Crippen molar-refractivity contribution in [2.45, 2.75) is 97.0 Å². The quantitative estimate of drug-likeness (QED) is 0.0394. The molecule has 0 saturated carbocycles. The number of hydrogen-bond donors (Lipinski definition) is 2. The summed E-state index contributed by atoms with van der Waals surface area (Å²) in [7, 11) is -4.76. The van der Waals surface area contributed by atoms with Crippen LogP contribution >= 0.6 is 7.82 Å². The maximum Gasteiger partial charge on any atom is 0.469 e. The fourth-order valence-corrected chi connectivity index (χ4v) is 3.60. The highest BCUT2D eigenvalue weighted by atomic mass is 31.2. The first kappa shape index (κ1) is 37.5. The highest BCUT2D eigenvalue weighted by Gasteiger charge is 2.22. The van der Waals surface area contributed by atoms with Gasteiger partial charge in [0.15, 0.2) is 6.10 Å². The van der Waals surface area contributed by atoms with Crippen molar-refractivity contribution >= 4 is 19.8 Å². The van der Waals surface area contributed by atoms with Crippen molar-refractivity contribution in [3.05, 3.63) is 72.9 Å². The van der Waals surface area contributed by atoms with Gasteiger partial charge in [-0.3, -0.25) is 14.1 Å². The fraction of sp³-hybridized carbons (Fsp3) is 0.548. The second-order valence-corrected chi connectivity index (χ2v) is 10.3. The summed E-state index contributed by atoms with van der Waals surface area (Å²) >= 11 is 0. The molecule has 0 spiro atoms. The zero-order chi connectivity index (χ0) is 29.7. The summed E-state index contributed by atoms with van der Waals surface area (Å²) in [4.78, 5) is 42.2. The summed E-state index contributed by atoms with van der Waals surface area (Å²) in [5.74, 6) is -0.988. The monoisotopic (exact) mass is 580 g/mol. The number of carbonyl (C=O) groups is 2. The van der Waals surface area contributed by atoms with Crippen molar-refractivity contribution in [1.82, 2.24) is 0 Å². The molecule has 1 unspecified atom stereocenters. The van der Waals surface area contributed by atoms with Crippen molar-refractivity contribution in [2.24, 2.45) is 0 Å². The van der Waals surface area contributed by atoms with E-state index in [9.17, 15) is 14.2 Å². The van der Waals surface area contributed by atoms with Crippen LogP contribution in [0.5, 0.6) is 0 Å². The number of phosphoric acid groups is 1. The molecule has 9 heteroatoms. The number of unbranched alkanes of at least 4 members (excludes halogenated alkanes) is 5. The molecule has 0 aromatic carbocycles. The first-order valence-electron chi connectivity index (χ1n) is 14.3. The summed E-state index contributed by atoms with van der Waals surface area (Å²) in [6.07, 6.45) is 32.2. The summed E-state index contributed by atoms with van der Waals surface area (Å²) < 4.78 is 26.0. The third-order valence-corrected chi connectivity index (χ3v) is 5.80. The number of ether oxygens (including phenoxy) is 2. The highest BCUT2D eigenvalue weighted by molar-refractivity contribution is 7.46. The maximum absolute atomic E-state index is 12.2. The average molecular weight is 581 g/mol. The summed E-state index contributed by atoms with van der Waals surface area (Å²) in [5, 5.41) is 0. The van der Waals surface area contributed by atoms with Crippen LogP contribution in [0.1, 0.15) is 90.9 Å². The van der Waals surface area contributed by atoms with E-state index in [0.717, 1.165) is 51.4 Å². The zero-order valence-corrected chi connectivity index (χ0v) is 25.1. The van der Waals surface area contributed by atoms with Crippen LogP contribution in [-0.2, 0) is 28.2 Å². The van der Waals surface area contributed by atoms with E-state index in [-0.39, 0.29) is 19.4 Å². The summed E-state index contributed by atoms with van der Waals surface area (Å²) in [6.45, 7) is 3.29. The van der Waals surface area contributed by atoms with Gasteiger partial charge in [0.2, 0.25) is 0 Å². The molecule has 0 heterocycles. The van der Waals surface area contributed by atoms with Crippen molar-refractivity contribution in [1.29, 1.82) is 0 Å². The summed E-state index contributed by atoms with van der Waals surface area (Å²) in [6, 6.07) is 0. The lowest BCUT2D eigenvalue weighted by atomic mass is 10.1. The topological polar surface area (TPSA) is 119 Å². The van der Waals surface area contributed by atoms with E-state index >= 15 is 0 Å². The van der Waals surface area contributed by atoms with Gasteiger partial charge in [-0.25, -0.2) is 4.57 Å². The Morgan fingerprint density at radius 1 is 0.675 bits per heavy atom. The molecule has 0 aliphatic heterocycles. The SMILES string of the molecule is CC/C=C/C=C/C=C/C=C/CCCCCC(=O)OC(COC(=O)CCCC/C=C/C/C=C/CC)COP(=O)(O)O. The molecule has 0 bridgehead atoms. The fourth-order valence-electron chi connectivity index (χ4n) is 3.24. The molecular formula is C31H49O8P. The van der Waals surface area contributed by atoms with Gasteiger partial charge < -0.3 is 19.3 Å². The number of esters is 2. The van der Waals surface area contributed by atoms with Crippen LogP contribution in [0.2, 0.25) is 0 Å². The zero-order valence-electron chi connectivity index (χ0n) is 24.2. The molecule has 0 saturated heterocycles. The van der Waals surface area contributed by atoms with Crippen molar-refractivity contribution in [3.8, 4) is 0 Å². The lowest BCUT2D eigenvalue weighted by molar-refractivity contribution is -0.161. The Balaban J connectivity index is 4.25. The Hall–Kier alpha value is -2.51.